The second-order valence-electron chi connectivity index (χ2n) is 2.50. The maximum absolute atomic E-state index is 12.2. The van der Waals surface area contributed by atoms with Gasteiger partial charge in [-0.15, -0.1) is 0 Å². The molecule has 0 aromatic rings. The molecule has 66 valence electrons. The molecule has 0 aromatic heterocycles. The van der Waals surface area contributed by atoms with E-state index in [4.69, 9.17) is 5.73 Å². The number of hydrogen-bond donors (Lipinski definition) is 2. The third-order valence-electron chi connectivity index (χ3n) is 1.13. The van der Waals surface area contributed by atoms with Crippen LogP contribution in [0.15, 0.2) is 0 Å². The Balaban J connectivity index is 3.88. The molecule has 0 saturated heterocycles. The van der Waals surface area contributed by atoms with Crippen molar-refractivity contribution in [1.29, 1.82) is 0 Å². The van der Waals surface area contributed by atoms with E-state index in [2.05, 4.69) is 5.32 Å². The zero-order chi connectivity index (χ0) is 9.07. The van der Waals surface area contributed by atoms with Crippen molar-refractivity contribution in [2.45, 2.75) is 25.8 Å². The van der Waals surface area contributed by atoms with E-state index in [0.29, 0.717) is 6.92 Å². The Morgan fingerprint density at radius 3 is 2.45 bits per heavy atom. The third-order valence-corrected chi connectivity index (χ3v) is 1.13. The van der Waals surface area contributed by atoms with Crippen LogP contribution in [0.25, 0.3) is 0 Å². The van der Waals surface area contributed by atoms with Gasteiger partial charge in [0.15, 0.2) is 0 Å². The predicted molar refractivity (Wildman–Crippen MR) is 37.3 cm³/mol. The minimum absolute atomic E-state index is 0.155. The molecule has 0 unspecified atom stereocenters. The minimum Gasteiger partial charge on any atom is -0.347 e. The molecule has 0 bridgehead atoms. The Morgan fingerprint density at radius 2 is 2.18 bits per heavy atom. The molecule has 3 N–H and O–H groups in total. The van der Waals surface area contributed by atoms with E-state index >= 15 is 0 Å². The fourth-order valence-electron chi connectivity index (χ4n) is 0.409. The first-order valence-corrected chi connectivity index (χ1v) is 3.26. The first-order chi connectivity index (χ1) is 4.88. The summed E-state index contributed by atoms with van der Waals surface area (Å²) in [4.78, 5) is 10.5. The van der Waals surface area contributed by atoms with Crippen LogP contribution in [0.3, 0.4) is 0 Å². The molecule has 0 radical (unpaired) electrons. The monoisotopic (exact) mass is 166 g/mol. The van der Waals surface area contributed by atoms with E-state index in [-0.39, 0.29) is 6.54 Å². The topological polar surface area (TPSA) is 55.1 Å². The Hall–Kier alpha value is -0.710. The van der Waals surface area contributed by atoms with Crippen molar-refractivity contribution in [2.75, 3.05) is 6.54 Å². The molecule has 0 fully saturated rings. The van der Waals surface area contributed by atoms with Crippen molar-refractivity contribution in [3.05, 3.63) is 0 Å². The number of amides is 1. The largest absolute Gasteiger partial charge is 0.347 e. The molecule has 5 heteroatoms. The van der Waals surface area contributed by atoms with Crippen LogP contribution < -0.4 is 11.1 Å². The molecular weight excluding hydrogens is 154 g/mol. The number of carbonyl (C=O) groups excluding carboxylic acids is 1. The van der Waals surface area contributed by atoms with E-state index in [1.807, 2.05) is 0 Å². The van der Waals surface area contributed by atoms with Crippen molar-refractivity contribution in [3.63, 3.8) is 0 Å². The number of nitrogens with two attached hydrogens (primary N) is 1. The molecule has 1 amide bonds. The fourth-order valence-corrected chi connectivity index (χ4v) is 0.409. The van der Waals surface area contributed by atoms with E-state index < -0.39 is 17.9 Å². The SMILES string of the molecule is C[C@H](CN)NC(=O)C(C)(F)F. The molecule has 0 aliphatic carbocycles. The Morgan fingerprint density at radius 1 is 1.73 bits per heavy atom. The molecule has 0 saturated carbocycles. The average molecular weight is 166 g/mol. The Bertz CT molecular complexity index is 144. The quantitative estimate of drug-likeness (QED) is 0.625. The fraction of sp³-hybridized carbons (Fsp3) is 0.833. The lowest BCUT2D eigenvalue weighted by atomic mass is 10.3. The van der Waals surface area contributed by atoms with Crippen molar-refractivity contribution in [2.24, 2.45) is 5.73 Å². The standard InChI is InChI=1S/C6H12F2N2O/c1-4(3-9)10-5(11)6(2,7)8/h4H,3,9H2,1-2H3,(H,10,11)/t4-/m1/s1. The van der Waals surface area contributed by atoms with Crippen molar-refractivity contribution < 1.29 is 13.6 Å². The average Bonchev–Trinajstić information content (AvgIpc) is 1.85. The van der Waals surface area contributed by atoms with Gasteiger partial charge in [-0.25, -0.2) is 0 Å². The highest BCUT2D eigenvalue weighted by Crippen LogP contribution is 2.10. The van der Waals surface area contributed by atoms with Crippen LogP contribution in [-0.2, 0) is 4.79 Å². The molecule has 11 heavy (non-hydrogen) atoms. The van der Waals surface area contributed by atoms with Crippen LogP contribution in [0.5, 0.6) is 0 Å². The summed E-state index contributed by atoms with van der Waals surface area (Å²) in [5, 5.41) is 2.06. The Labute approximate surface area is 63.9 Å². The predicted octanol–water partition coefficient (Wildman–Crippen LogP) is 0.105. The van der Waals surface area contributed by atoms with Gasteiger partial charge >= 0.3 is 5.92 Å². The Kier molecular flexibility index (Phi) is 3.38. The maximum Gasteiger partial charge on any atom is 0.321 e. The molecule has 0 heterocycles. The van der Waals surface area contributed by atoms with Crippen molar-refractivity contribution >= 4 is 5.91 Å². The highest BCUT2D eigenvalue weighted by Gasteiger charge is 2.32. The molecule has 0 aromatic carbocycles. The molecular formula is C6H12F2N2O. The van der Waals surface area contributed by atoms with Crippen LogP contribution in [0.2, 0.25) is 0 Å². The number of alkyl halides is 2. The van der Waals surface area contributed by atoms with Gasteiger partial charge in [-0.2, -0.15) is 8.78 Å². The first kappa shape index (κ1) is 10.3. The third kappa shape index (κ3) is 3.87. The van der Waals surface area contributed by atoms with E-state index in [0.717, 1.165) is 0 Å². The summed E-state index contributed by atoms with van der Waals surface area (Å²) in [7, 11) is 0. The number of rotatable bonds is 3. The lowest BCUT2D eigenvalue weighted by molar-refractivity contribution is -0.143. The van der Waals surface area contributed by atoms with Gasteiger partial charge in [-0.3, -0.25) is 4.79 Å². The molecule has 3 nitrogen and oxygen atoms in total. The van der Waals surface area contributed by atoms with Gasteiger partial charge in [-0.1, -0.05) is 0 Å². The summed E-state index contributed by atoms with van der Waals surface area (Å²) < 4.78 is 24.3. The smallest absolute Gasteiger partial charge is 0.321 e. The van der Waals surface area contributed by atoms with Crippen LogP contribution in [-0.4, -0.2) is 24.4 Å². The van der Waals surface area contributed by atoms with E-state index in [9.17, 15) is 13.6 Å². The summed E-state index contributed by atoms with van der Waals surface area (Å²) in [5.41, 5.74) is 5.10. The van der Waals surface area contributed by atoms with Gasteiger partial charge in [0, 0.05) is 19.5 Å². The summed E-state index contributed by atoms with van der Waals surface area (Å²) in [6.45, 7) is 2.26. The van der Waals surface area contributed by atoms with Gasteiger partial charge in [-0.05, 0) is 6.92 Å². The summed E-state index contributed by atoms with van der Waals surface area (Å²) in [6, 6.07) is -0.409. The molecule has 0 aliphatic rings. The van der Waals surface area contributed by atoms with Gasteiger partial charge < -0.3 is 11.1 Å². The first-order valence-electron chi connectivity index (χ1n) is 3.26. The van der Waals surface area contributed by atoms with Crippen LogP contribution in [0, 0.1) is 0 Å². The highest BCUT2D eigenvalue weighted by molar-refractivity contribution is 5.83. The molecule has 0 spiro atoms. The minimum atomic E-state index is -3.32. The van der Waals surface area contributed by atoms with Gasteiger partial charge in [0.1, 0.15) is 0 Å². The lowest BCUT2D eigenvalue weighted by Crippen LogP contribution is -2.45. The van der Waals surface area contributed by atoms with Gasteiger partial charge in [0.25, 0.3) is 5.91 Å². The zero-order valence-corrected chi connectivity index (χ0v) is 6.53. The number of hydrogen-bond acceptors (Lipinski definition) is 2. The number of nitrogens with one attached hydrogen (secondary N) is 1. The number of carbonyl (C=O) groups is 1. The second-order valence-corrected chi connectivity index (χ2v) is 2.50. The molecule has 0 rings (SSSR count). The summed E-state index contributed by atoms with van der Waals surface area (Å²) >= 11 is 0. The molecule has 1 atom stereocenters. The summed E-state index contributed by atoms with van der Waals surface area (Å²) in [6.07, 6.45) is 0. The van der Waals surface area contributed by atoms with Gasteiger partial charge in [0.05, 0.1) is 0 Å². The van der Waals surface area contributed by atoms with Crippen LogP contribution >= 0.6 is 0 Å². The normalized spacial score (nSPS) is 14.3. The molecule has 0 aliphatic heterocycles. The van der Waals surface area contributed by atoms with E-state index in [1.54, 1.807) is 6.92 Å². The highest BCUT2D eigenvalue weighted by atomic mass is 19.3. The van der Waals surface area contributed by atoms with Crippen LogP contribution in [0.4, 0.5) is 8.78 Å². The number of halogens is 2. The van der Waals surface area contributed by atoms with Crippen molar-refractivity contribution in [1.82, 2.24) is 5.32 Å². The lowest BCUT2D eigenvalue weighted by Gasteiger charge is -2.14. The van der Waals surface area contributed by atoms with Crippen molar-refractivity contribution in [3.8, 4) is 0 Å². The van der Waals surface area contributed by atoms with Crippen LogP contribution in [0.1, 0.15) is 13.8 Å². The second kappa shape index (κ2) is 3.61. The van der Waals surface area contributed by atoms with E-state index in [1.165, 1.54) is 0 Å². The summed E-state index contributed by atoms with van der Waals surface area (Å²) in [5.74, 6) is -4.60. The maximum atomic E-state index is 12.2. The zero-order valence-electron chi connectivity index (χ0n) is 6.53. The van der Waals surface area contributed by atoms with Gasteiger partial charge in [0.2, 0.25) is 0 Å².